The van der Waals surface area contributed by atoms with Crippen LogP contribution in [0.2, 0.25) is 39.3 Å². The maximum Gasteiger partial charge on any atom is 0.161 e. The number of Topliss-reactive ketones (excluding diaryl/α,β-unsaturated/α-hetero) is 1. The molecule has 20 heavy (non-hydrogen) atoms. The van der Waals surface area contributed by atoms with Crippen molar-refractivity contribution >= 4 is 21.9 Å². The van der Waals surface area contributed by atoms with Crippen LogP contribution >= 0.6 is 0 Å². The zero-order valence-electron chi connectivity index (χ0n) is 14.0. The van der Waals surface area contributed by atoms with Crippen LogP contribution in [-0.2, 0) is 9.53 Å². The van der Waals surface area contributed by atoms with Crippen LogP contribution in [0.3, 0.4) is 0 Å². The van der Waals surface area contributed by atoms with Crippen molar-refractivity contribution in [2.45, 2.75) is 58.7 Å². The van der Waals surface area contributed by atoms with Crippen LogP contribution in [-0.4, -0.2) is 32.6 Å². The van der Waals surface area contributed by atoms with Gasteiger partial charge in [-0.15, -0.1) is 0 Å². The molecule has 0 aromatic rings. The molecule has 0 aliphatic carbocycles. The van der Waals surface area contributed by atoms with Gasteiger partial charge in [-0.2, -0.15) is 0 Å². The molecule has 0 spiro atoms. The lowest BCUT2D eigenvalue weighted by Gasteiger charge is -2.36. The van der Waals surface area contributed by atoms with E-state index in [0.717, 1.165) is 10.8 Å². The predicted molar refractivity (Wildman–Crippen MR) is 88.7 cm³/mol. The van der Waals surface area contributed by atoms with Crippen LogP contribution in [0.5, 0.6) is 0 Å². The summed E-state index contributed by atoms with van der Waals surface area (Å²) < 4.78 is 6.14. The number of rotatable bonds is 4. The second-order valence-corrected chi connectivity index (χ2v) is 17.9. The molecular weight excluding hydrogens is 284 g/mol. The van der Waals surface area contributed by atoms with Crippen molar-refractivity contribution in [3.63, 3.8) is 0 Å². The Morgan fingerprint density at radius 3 is 1.70 bits per heavy atom. The van der Waals surface area contributed by atoms with Crippen LogP contribution in [0, 0.1) is 5.92 Å². The molecule has 1 unspecified atom stereocenters. The normalized spacial score (nSPS) is 20.6. The molecule has 1 aliphatic rings. The summed E-state index contributed by atoms with van der Waals surface area (Å²) in [5, 5.41) is 12.5. The molecule has 5 heteroatoms. The van der Waals surface area contributed by atoms with Crippen LogP contribution in [0.1, 0.15) is 13.8 Å². The molecule has 0 amide bonds. The van der Waals surface area contributed by atoms with E-state index in [2.05, 4.69) is 39.3 Å². The number of hydrogen-bond donors (Lipinski definition) is 1. The molecule has 0 bridgehead atoms. The zero-order valence-corrected chi connectivity index (χ0v) is 16.0. The molecule has 0 fully saturated rings. The summed E-state index contributed by atoms with van der Waals surface area (Å²) in [5.74, 6) is -0.501. The Balaban J connectivity index is 3.32. The van der Waals surface area contributed by atoms with Crippen LogP contribution in [0.25, 0.3) is 0 Å². The fourth-order valence-corrected chi connectivity index (χ4v) is 4.22. The van der Waals surface area contributed by atoms with Gasteiger partial charge in [-0.1, -0.05) is 39.3 Å². The van der Waals surface area contributed by atoms with Crippen molar-refractivity contribution in [2.75, 3.05) is 0 Å². The van der Waals surface area contributed by atoms with Crippen molar-refractivity contribution in [1.82, 2.24) is 0 Å². The maximum absolute atomic E-state index is 11.8. The average Bonchev–Trinajstić information content (AvgIpc) is 2.25. The molecule has 1 rings (SSSR count). The number of carbonyl (C=O) groups is 1. The largest absolute Gasteiger partial charge is 0.477 e. The van der Waals surface area contributed by atoms with Gasteiger partial charge >= 0.3 is 0 Å². The highest BCUT2D eigenvalue weighted by Gasteiger charge is 2.40. The van der Waals surface area contributed by atoms with Crippen molar-refractivity contribution in [2.24, 2.45) is 5.92 Å². The van der Waals surface area contributed by atoms with E-state index in [1.807, 2.05) is 12.2 Å². The summed E-state index contributed by atoms with van der Waals surface area (Å²) in [5.41, 5.74) is -1.36. The summed E-state index contributed by atoms with van der Waals surface area (Å²) in [7, 11) is -3.27. The van der Waals surface area contributed by atoms with Gasteiger partial charge < -0.3 is 9.84 Å². The van der Waals surface area contributed by atoms with E-state index in [4.69, 9.17) is 4.74 Å². The zero-order chi connectivity index (χ0) is 15.9. The van der Waals surface area contributed by atoms with Crippen molar-refractivity contribution < 1.29 is 14.6 Å². The summed E-state index contributed by atoms with van der Waals surface area (Å²) in [6, 6.07) is 0. The molecule has 1 aliphatic heterocycles. The number of carbonyl (C=O) groups excluding carboxylic acids is 1. The molecule has 0 saturated carbocycles. The number of aliphatic hydroxyl groups is 1. The van der Waals surface area contributed by atoms with E-state index < -0.39 is 21.7 Å². The Bertz CT molecular complexity index is 432. The van der Waals surface area contributed by atoms with Gasteiger partial charge in [-0.25, -0.2) is 0 Å². The first-order valence-electron chi connectivity index (χ1n) is 7.12. The molecule has 3 nitrogen and oxygen atoms in total. The molecule has 1 N–H and O–H groups in total. The minimum atomic E-state index is -1.63. The third-order valence-corrected chi connectivity index (χ3v) is 7.22. The van der Waals surface area contributed by atoms with Crippen molar-refractivity contribution in [3.05, 3.63) is 22.9 Å². The first-order valence-corrected chi connectivity index (χ1v) is 14.1. The fourth-order valence-electron chi connectivity index (χ4n) is 1.93. The summed E-state index contributed by atoms with van der Waals surface area (Å²) in [4.78, 5) is 11.8. The highest BCUT2D eigenvalue weighted by Crippen LogP contribution is 2.35. The van der Waals surface area contributed by atoms with Gasteiger partial charge in [-0.3, -0.25) is 4.79 Å². The average molecular weight is 313 g/mol. The minimum absolute atomic E-state index is 0.207. The molecule has 0 aromatic heterocycles. The van der Waals surface area contributed by atoms with Crippen LogP contribution in [0.15, 0.2) is 22.9 Å². The molecule has 0 radical (unpaired) electrons. The fraction of sp³-hybridized carbons (Fsp3) is 0.667. The lowest BCUT2D eigenvalue weighted by atomic mass is 9.85. The highest BCUT2D eigenvalue weighted by atomic mass is 28.3. The van der Waals surface area contributed by atoms with Gasteiger partial charge in [0.05, 0.1) is 10.8 Å². The molecule has 0 aromatic carbocycles. The Morgan fingerprint density at radius 1 is 1.10 bits per heavy atom. The second-order valence-electron chi connectivity index (χ2n) is 7.89. The first-order chi connectivity index (χ1) is 8.76. The first kappa shape index (κ1) is 17.4. The van der Waals surface area contributed by atoms with E-state index in [0.29, 0.717) is 0 Å². The van der Waals surface area contributed by atoms with Crippen LogP contribution < -0.4 is 0 Å². The number of ketones is 1. The smallest absolute Gasteiger partial charge is 0.161 e. The summed E-state index contributed by atoms with van der Waals surface area (Å²) in [6.07, 6.45) is 3.91. The summed E-state index contributed by atoms with van der Waals surface area (Å²) >= 11 is 0. The lowest BCUT2D eigenvalue weighted by molar-refractivity contribution is -0.135. The topological polar surface area (TPSA) is 46.5 Å². The van der Waals surface area contributed by atoms with Gasteiger partial charge in [0.2, 0.25) is 0 Å². The van der Waals surface area contributed by atoms with E-state index in [9.17, 15) is 9.90 Å². The highest BCUT2D eigenvalue weighted by molar-refractivity contribution is 6.84. The molecule has 114 valence electrons. The minimum Gasteiger partial charge on any atom is -0.477 e. The SMILES string of the molecule is CC(=O)C(C)(O)C1C=C([Si](C)(C)C)OC([Si](C)(C)C)=C1. The number of hydrogen-bond acceptors (Lipinski definition) is 3. The van der Waals surface area contributed by atoms with Gasteiger partial charge in [0.1, 0.15) is 21.7 Å². The molecular formula is C15H28O3Si2. The second kappa shape index (κ2) is 5.27. The van der Waals surface area contributed by atoms with E-state index >= 15 is 0 Å². The van der Waals surface area contributed by atoms with E-state index in [1.54, 1.807) is 6.92 Å². The van der Waals surface area contributed by atoms with E-state index in [1.165, 1.54) is 6.92 Å². The Morgan fingerprint density at radius 2 is 1.45 bits per heavy atom. The van der Waals surface area contributed by atoms with Gasteiger partial charge in [0, 0.05) is 5.92 Å². The monoisotopic (exact) mass is 312 g/mol. The van der Waals surface area contributed by atoms with Crippen molar-refractivity contribution in [1.29, 1.82) is 0 Å². The Hall–Kier alpha value is -0.656. The predicted octanol–water partition coefficient (Wildman–Crippen LogP) is 3.50. The maximum atomic E-state index is 11.8. The Labute approximate surface area is 124 Å². The number of ether oxygens (including phenoxy) is 1. The summed E-state index contributed by atoms with van der Waals surface area (Å²) in [6.45, 7) is 16.3. The standard InChI is InChI=1S/C15H28O3Si2/c1-11(16)15(2,17)12-9-13(19(3,4)5)18-14(10-12)20(6,7)8/h9-10,12,17H,1-8H3. The molecule has 1 atom stereocenters. The van der Waals surface area contributed by atoms with Crippen molar-refractivity contribution in [3.8, 4) is 0 Å². The molecule has 0 saturated heterocycles. The van der Waals surface area contributed by atoms with E-state index in [-0.39, 0.29) is 11.7 Å². The Kier molecular flexibility index (Phi) is 4.59. The third-order valence-electron chi connectivity index (χ3n) is 3.72. The molecule has 1 heterocycles. The van der Waals surface area contributed by atoms with Gasteiger partial charge in [-0.05, 0) is 26.0 Å². The quantitative estimate of drug-likeness (QED) is 0.808. The lowest BCUT2D eigenvalue weighted by Crippen LogP contribution is -2.44. The van der Waals surface area contributed by atoms with Gasteiger partial charge in [0.25, 0.3) is 0 Å². The third kappa shape index (κ3) is 3.71. The van der Waals surface area contributed by atoms with Gasteiger partial charge in [0.15, 0.2) is 5.78 Å². The van der Waals surface area contributed by atoms with Crippen LogP contribution in [0.4, 0.5) is 0 Å².